The van der Waals surface area contributed by atoms with Gasteiger partial charge in [0.2, 0.25) is 0 Å². The Morgan fingerprint density at radius 1 is 1.39 bits per heavy atom. The Bertz CT molecular complexity index is 1140. The number of rotatable bonds is 9. The van der Waals surface area contributed by atoms with Crippen molar-refractivity contribution in [2.75, 3.05) is 12.5 Å². The Hall–Kier alpha value is -1.50. The number of azide groups is 1. The first-order valence-corrected chi connectivity index (χ1v) is 12.6. The Morgan fingerprint density at radius 2 is 2.03 bits per heavy atom. The molecule has 0 aliphatic carbocycles. The SMILES string of the molecule is [BH3-]P(=O)(OC[C@H]1O[C@@H](n2cc(C)c(=O)[nH]c2=O)C[C@H]1N=[N+]=[N-])OP(=O)(O)CP(=O)(O)O. The van der Waals surface area contributed by atoms with Crippen LogP contribution in [0.25, 0.3) is 10.4 Å². The highest BCUT2D eigenvalue weighted by Gasteiger charge is 2.39. The maximum atomic E-state index is 12.5. The summed E-state index contributed by atoms with van der Waals surface area (Å²) in [5.41, 5.74) is 7.65. The molecule has 174 valence electrons. The van der Waals surface area contributed by atoms with Crippen LogP contribution in [0.2, 0.25) is 0 Å². The van der Waals surface area contributed by atoms with E-state index in [-0.39, 0.29) is 12.0 Å². The van der Waals surface area contributed by atoms with E-state index in [4.69, 9.17) is 24.6 Å². The highest BCUT2D eigenvalue weighted by molar-refractivity contribution is 7.85. The van der Waals surface area contributed by atoms with Crippen molar-refractivity contribution < 1.29 is 41.9 Å². The molecule has 16 nitrogen and oxygen atoms in total. The lowest BCUT2D eigenvalue weighted by Gasteiger charge is -2.25. The molecule has 0 saturated carbocycles. The van der Waals surface area contributed by atoms with E-state index in [0.29, 0.717) is 0 Å². The number of ether oxygens (including phenoxy) is 1. The van der Waals surface area contributed by atoms with Crippen LogP contribution in [0.1, 0.15) is 18.2 Å². The van der Waals surface area contributed by atoms with Crippen LogP contribution in [0, 0.1) is 6.92 Å². The van der Waals surface area contributed by atoms with Crippen LogP contribution in [0.3, 0.4) is 0 Å². The first-order valence-electron chi connectivity index (χ1n) is 7.99. The maximum Gasteiger partial charge on any atom is 0.344 e. The highest BCUT2D eigenvalue weighted by Crippen LogP contribution is 2.64. The maximum absolute atomic E-state index is 12.5. The van der Waals surface area contributed by atoms with E-state index in [2.05, 4.69) is 19.3 Å². The number of aromatic amines is 1. The minimum absolute atomic E-state index is 0.0155. The van der Waals surface area contributed by atoms with Crippen molar-refractivity contribution in [1.29, 1.82) is 0 Å². The third-order valence-corrected chi connectivity index (χ3v) is 8.58. The minimum atomic E-state index is -4.91. The van der Waals surface area contributed by atoms with E-state index < -0.39 is 72.4 Å². The second-order valence-electron chi connectivity index (χ2n) is 6.16. The Balaban J connectivity index is 2.14. The predicted octanol–water partition coefficient (Wildman–Crippen LogP) is -0.361. The van der Waals surface area contributed by atoms with Crippen LogP contribution in [0.15, 0.2) is 20.9 Å². The summed E-state index contributed by atoms with van der Waals surface area (Å²) in [7, 11) is -15.2. The summed E-state index contributed by atoms with van der Waals surface area (Å²) < 4.78 is 51.5. The smallest absolute Gasteiger partial charge is 0.344 e. The summed E-state index contributed by atoms with van der Waals surface area (Å²) in [5.74, 6) is -1.52. The first-order chi connectivity index (χ1) is 14.1. The molecule has 31 heavy (non-hydrogen) atoms. The summed E-state index contributed by atoms with van der Waals surface area (Å²) in [6, 6.07) is -0.870. The fraction of sp³-hybridized carbons (Fsp3) is 0.636. The zero-order valence-corrected chi connectivity index (χ0v) is 17.9. The normalized spacial score (nSPS) is 25.4. The van der Waals surface area contributed by atoms with E-state index in [9.17, 15) is 28.2 Å². The fourth-order valence-corrected chi connectivity index (χ4v) is 6.37. The van der Waals surface area contributed by atoms with E-state index in [1.807, 2.05) is 0 Å². The van der Waals surface area contributed by atoms with Gasteiger partial charge in [0.1, 0.15) is 6.23 Å². The molecule has 1 fully saturated rings. The third-order valence-electron chi connectivity index (χ3n) is 3.76. The number of nitrogens with one attached hydrogen (secondary N) is 1. The quantitative estimate of drug-likeness (QED) is 0.112. The van der Waals surface area contributed by atoms with Gasteiger partial charge in [-0.3, -0.25) is 27.8 Å². The molecule has 20 heteroatoms. The van der Waals surface area contributed by atoms with Crippen molar-refractivity contribution in [2.45, 2.75) is 31.7 Å². The summed E-state index contributed by atoms with van der Waals surface area (Å²) in [6.45, 7) is 0.965. The Morgan fingerprint density at radius 3 is 2.61 bits per heavy atom. The van der Waals surface area contributed by atoms with Gasteiger partial charge in [-0.15, -0.1) is 0 Å². The van der Waals surface area contributed by atoms with Crippen LogP contribution in [-0.4, -0.2) is 56.5 Å². The molecule has 1 aliphatic rings. The van der Waals surface area contributed by atoms with Crippen LogP contribution in [-0.2, 0) is 27.3 Å². The second-order valence-corrected chi connectivity index (χ2v) is 11.3. The molecule has 4 N–H and O–H groups in total. The van der Waals surface area contributed by atoms with Gasteiger partial charge in [0.25, 0.3) is 5.56 Å². The number of hydrogen-bond donors (Lipinski definition) is 4. The van der Waals surface area contributed by atoms with E-state index >= 15 is 0 Å². The van der Waals surface area contributed by atoms with Gasteiger partial charge in [-0.2, -0.15) is 0 Å². The lowest BCUT2D eigenvalue weighted by molar-refractivity contribution is -0.0230. The lowest BCUT2D eigenvalue weighted by atomic mass is 10.1. The van der Waals surface area contributed by atoms with Gasteiger partial charge >= 0.3 is 20.9 Å². The summed E-state index contributed by atoms with van der Waals surface area (Å²) in [6.07, 6.45) is -0.690. The van der Waals surface area contributed by atoms with Crippen molar-refractivity contribution in [1.82, 2.24) is 9.55 Å². The Kier molecular flexibility index (Phi) is 7.94. The molecule has 5 atom stereocenters. The standard InChI is InChI=1S/C11H20BN5O11P3/c1-6-3-17(11(19)14-10(6)18)9-2-7(15-16-13)8(27-9)4-26-31(12,25)28-30(23,24)5-29(20,21)22/h3,7-9H,2,4-5H2,1,12H3,(H,23,24)(H,14,18,19)(H2,20,21,22)/q-1/t7-,8-,9-,31?/m1/s1. The van der Waals surface area contributed by atoms with Crippen LogP contribution in [0.5, 0.6) is 0 Å². The predicted molar refractivity (Wildman–Crippen MR) is 109 cm³/mol. The minimum Gasteiger partial charge on any atom is -0.352 e. The van der Waals surface area contributed by atoms with Gasteiger partial charge in [0.05, 0.1) is 26.3 Å². The molecule has 1 aromatic heterocycles. The van der Waals surface area contributed by atoms with Crippen molar-refractivity contribution in [2.24, 2.45) is 5.11 Å². The molecule has 1 aromatic rings. The van der Waals surface area contributed by atoms with Gasteiger partial charge in [-0.05, 0) is 12.5 Å². The van der Waals surface area contributed by atoms with Crippen LogP contribution < -0.4 is 11.2 Å². The first kappa shape index (κ1) is 25.8. The van der Waals surface area contributed by atoms with Crippen molar-refractivity contribution >= 4 is 30.2 Å². The fourth-order valence-electron chi connectivity index (χ4n) is 2.54. The van der Waals surface area contributed by atoms with Crippen molar-refractivity contribution in [3.8, 4) is 0 Å². The lowest BCUT2D eigenvalue weighted by Crippen LogP contribution is -2.33. The van der Waals surface area contributed by atoms with Gasteiger partial charge < -0.3 is 28.5 Å². The molecule has 0 spiro atoms. The molecular formula is C11H20BN5O11P3-. The van der Waals surface area contributed by atoms with Crippen molar-refractivity contribution in [3.63, 3.8) is 0 Å². The topological polar surface area (TPSA) is 243 Å². The summed E-state index contributed by atoms with van der Waals surface area (Å²) in [4.78, 5) is 55.5. The van der Waals surface area contributed by atoms with E-state index in [1.165, 1.54) is 13.1 Å². The van der Waals surface area contributed by atoms with Crippen LogP contribution >= 0.6 is 22.7 Å². The molecule has 2 unspecified atom stereocenters. The monoisotopic (exact) mass is 502 g/mol. The zero-order chi connectivity index (χ0) is 23.6. The summed E-state index contributed by atoms with van der Waals surface area (Å²) >= 11 is 0. The van der Waals surface area contributed by atoms with Gasteiger partial charge in [-0.25, -0.2) is 4.79 Å². The van der Waals surface area contributed by atoms with E-state index in [0.717, 1.165) is 4.57 Å². The zero-order valence-electron chi connectivity index (χ0n) is 15.2. The molecule has 2 heterocycles. The number of H-pyrrole nitrogens is 1. The highest BCUT2D eigenvalue weighted by atomic mass is 31.3. The second kappa shape index (κ2) is 9.56. The van der Waals surface area contributed by atoms with Crippen LogP contribution in [0.4, 0.5) is 0 Å². The number of aromatic nitrogens is 2. The molecule has 0 aromatic carbocycles. The number of hydrogen-bond acceptors (Lipinski definition) is 9. The van der Waals surface area contributed by atoms with Crippen molar-refractivity contribution in [3.05, 3.63) is 43.0 Å². The summed E-state index contributed by atoms with van der Waals surface area (Å²) in [5, 5.41) is 3.55. The average Bonchev–Trinajstić information content (AvgIpc) is 2.96. The molecule has 0 radical (unpaired) electrons. The number of nitrogens with zero attached hydrogens (tertiary/aromatic N) is 4. The average molecular weight is 502 g/mol. The number of aryl methyl sites for hydroxylation is 1. The largest absolute Gasteiger partial charge is 0.352 e. The molecule has 0 amide bonds. The third kappa shape index (κ3) is 7.55. The van der Waals surface area contributed by atoms with E-state index in [1.54, 1.807) is 0 Å². The molecule has 1 saturated heterocycles. The molecule has 2 rings (SSSR count). The van der Waals surface area contributed by atoms with Gasteiger partial charge in [0.15, 0.2) is 13.4 Å². The Labute approximate surface area is 174 Å². The molecule has 1 aliphatic heterocycles. The van der Waals surface area contributed by atoms with Gasteiger partial charge in [-0.1, -0.05) is 5.11 Å². The van der Waals surface area contributed by atoms with Gasteiger partial charge in [0, 0.05) is 23.1 Å². The molecule has 0 bridgehead atoms. The molecular weight excluding hydrogens is 482 g/mol.